The largest absolute Gasteiger partial charge is 0.469 e. The first-order valence-electron chi connectivity index (χ1n) is 11.2. The van der Waals surface area contributed by atoms with Crippen LogP contribution in [0.15, 0.2) is 24.3 Å². The van der Waals surface area contributed by atoms with Gasteiger partial charge in [-0.1, -0.05) is 0 Å². The van der Waals surface area contributed by atoms with Crippen LogP contribution in [0.1, 0.15) is 31.2 Å². The molecule has 1 aromatic rings. The highest BCUT2D eigenvalue weighted by Gasteiger charge is 2.32. The Morgan fingerprint density at radius 1 is 0.970 bits per heavy atom. The van der Waals surface area contributed by atoms with Crippen molar-refractivity contribution >= 4 is 29.6 Å². The predicted octanol–water partition coefficient (Wildman–Crippen LogP) is 2.27. The number of esters is 1. The standard InChI is InChI=1S/C23H33N5O5/c1-26(18-8-6-17(7-9-18)21(29)32-2)23(31)28-14-12-27(13-15-28)19-10-4-16(5-11-19)20(24)25-22(30)33-3/h4-5,10-11,17-18H,6-9,12-15H2,1-3H3,(H2,24,25,30)/t17-,18-. The first kappa shape index (κ1) is 24.3. The van der Waals surface area contributed by atoms with E-state index < -0.39 is 6.09 Å². The molecule has 2 fully saturated rings. The third-order valence-corrected chi connectivity index (χ3v) is 6.56. The zero-order chi connectivity index (χ0) is 24.0. The summed E-state index contributed by atoms with van der Waals surface area (Å²) in [7, 11) is 4.53. The van der Waals surface area contributed by atoms with Gasteiger partial charge in [-0.3, -0.25) is 15.5 Å². The van der Waals surface area contributed by atoms with Crippen molar-refractivity contribution in [3.05, 3.63) is 29.8 Å². The lowest BCUT2D eigenvalue weighted by atomic mass is 9.85. The lowest BCUT2D eigenvalue weighted by Gasteiger charge is -2.40. The number of nitrogens with one attached hydrogen (secondary N) is 2. The van der Waals surface area contributed by atoms with Gasteiger partial charge in [-0.2, -0.15) is 0 Å². The normalized spacial score (nSPS) is 20.6. The Bertz CT molecular complexity index is 858. The van der Waals surface area contributed by atoms with Gasteiger partial charge in [0, 0.05) is 50.5 Å². The van der Waals surface area contributed by atoms with Crippen LogP contribution in [0.3, 0.4) is 0 Å². The molecule has 0 atom stereocenters. The van der Waals surface area contributed by atoms with Crippen molar-refractivity contribution in [3.63, 3.8) is 0 Å². The number of piperazine rings is 1. The number of carbonyl (C=O) groups excluding carboxylic acids is 3. The summed E-state index contributed by atoms with van der Waals surface area (Å²) in [6, 6.07) is 7.57. The Morgan fingerprint density at radius 3 is 2.12 bits per heavy atom. The molecule has 2 N–H and O–H groups in total. The Balaban J connectivity index is 1.48. The summed E-state index contributed by atoms with van der Waals surface area (Å²) < 4.78 is 9.36. The van der Waals surface area contributed by atoms with Gasteiger partial charge in [0.15, 0.2) is 0 Å². The van der Waals surface area contributed by atoms with E-state index in [1.165, 1.54) is 14.2 Å². The highest BCUT2D eigenvalue weighted by Crippen LogP contribution is 2.28. The molecule has 33 heavy (non-hydrogen) atoms. The Labute approximate surface area is 194 Å². The van der Waals surface area contributed by atoms with Gasteiger partial charge in [-0.15, -0.1) is 0 Å². The number of urea groups is 1. The maximum atomic E-state index is 13.0. The molecule has 0 bridgehead atoms. The van der Waals surface area contributed by atoms with E-state index in [4.69, 9.17) is 10.1 Å². The van der Waals surface area contributed by atoms with Gasteiger partial charge in [0.2, 0.25) is 0 Å². The van der Waals surface area contributed by atoms with Gasteiger partial charge in [0.05, 0.1) is 20.1 Å². The summed E-state index contributed by atoms with van der Waals surface area (Å²) in [5.74, 6) is -0.222. The molecule has 10 heteroatoms. The molecule has 3 amide bonds. The van der Waals surface area contributed by atoms with Crippen molar-refractivity contribution in [2.45, 2.75) is 31.7 Å². The highest BCUT2D eigenvalue weighted by molar-refractivity contribution is 6.04. The maximum Gasteiger partial charge on any atom is 0.412 e. The Hall–Kier alpha value is -3.30. The number of rotatable bonds is 4. The molecule has 0 aromatic heterocycles. The summed E-state index contributed by atoms with van der Waals surface area (Å²) in [6.45, 7) is 2.68. The van der Waals surface area contributed by atoms with E-state index >= 15 is 0 Å². The average molecular weight is 460 g/mol. The second kappa shape index (κ2) is 11.0. The molecule has 0 spiro atoms. The first-order chi connectivity index (χ1) is 15.8. The van der Waals surface area contributed by atoms with E-state index in [-0.39, 0.29) is 29.8 Å². The van der Waals surface area contributed by atoms with Crippen LogP contribution in [0, 0.1) is 11.3 Å². The molecule has 3 rings (SSSR count). The topological polar surface area (TPSA) is 115 Å². The van der Waals surface area contributed by atoms with Crippen LogP contribution in [0.5, 0.6) is 0 Å². The Morgan fingerprint density at radius 2 is 1.58 bits per heavy atom. The second-order valence-electron chi connectivity index (χ2n) is 8.43. The third kappa shape index (κ3) is 5.94. The number of hydrogen-bond donors (Lipinski definition) is 2. The number of anilines is 1. The number of carbonyl (C=O) groups is 3. The molecule has 180 valence electrons. The molecular formula is C23H33N5O5. The van der Waals surface area contributed by atoms with Crippen LogP contribution in [0.4, 0.5) is 15.3 Å². The van der Waals surface area contributed by atoms with E-state index in [0.29, 0.717) is 31.7 Å². The van der Waals surface area contributed by atoms with Crippen molar-refractivity contribution in [2.75, 3.05) is 52.3 Å². The van der Waals surface area contributed by atoms with E-state index in [1.54, 1.807) is 12.1 Å². The number of ether oxygens (including phenoxy) is 2. The monoisotopic (exact) mass is 459 g/mol. The van der Waals surface area contributed by atoms with Gasteiger partial charge >= 0.3 is 18.1 Å². The number of hydrogen-bond acceptors (Lipinski definition) is 7. The highest BCUT2D eigenvalue weighted by atomic mass is 16.5. The second-order valence-corrected chi connectivity index (χ2v) is 8.43. The minimum absolute atomic E-state index is 0.0209. The number of alkyl carbamates (subject to hydrolysis) is 1. The molecule has 1 saturated carbocycles. The van der Waals surface area contributed by atoms with E-state index in [1.807, 2.05) is 29.0 Å². The number of amides is 3. The van der Waals surface area contributed by atoms with Crippen molar-refractivity contribution in [2.24, 2.45) is 5.92 Å². The van der Waals surface area contributed by atoms with Crippen LogP contribution in [0.2, 0.25) is 0 Å². The SMILES string of the molecule is COC(=O)NC(=N)c1ccc(N2CCN(C(=O)N(C)[C@H]3CC[C@H](C(=O)OC)CC3)CC2)cc1. The molecule has 1 aliphatic heterocycles. The minimum Gasteiger partial charge on any atom is -0.469 e. The molecule has 1 aliphatic carbocycles. The quantitative estimate of drug-likeness (QED) is 0.406. The Kier molecular flexibility index (Phi) is 8.13. The zero-order valence-electron chi connectivity index (χ0n) is 19.5. The van der Waals surface area contributed by atoms with E-state index in [9.17, 15) is 14.4 Å². The number of methoxy groups -OCH3 is 2. The van der Waals surface area contributed by atoms with Crippen molar-refractivity contribution < 1.29 is 23.9 Å². The lowest BCUT2D eigenvalue weighted by Crippen LogP contribution is -2.54. The number of nitrogens with zero attached hydrogens (tertiary/aromatic N) is 3. The van der Waals surface area contributed by atoms with Crippen LogP contribution in [-0.2, 0) is 14.3 Å². The van der Waals surface area contributed by atoms with Crippen LogP contribution in [0.25, 0.3) is 0 Å². The molecule has 0 unspecified atom stereocenters. The molecule has 2 aliphatic rings. The smallest absolute Gasteiger partial charge is 0.412 e. The summed E-state index contributed by atoms with van der Waals surface area (Å²) in [4.78, 5) is 41.9. The third-order valence-electron chi connectivity index (χ3n) is 6.56. The first-order valence-corrected chi connectivity index (χ1v) is 11.2. The van der Waals surface area contributed by atoms with E-state index in [0.717, 1.165) is 31.4 Å². The van der Waals surface area contributed by atoms with Crippen LogP contribution in [-0.4, -0.2) is 87.2 Å². The fourth-order valence-corrected chi connectivity index (χ4v) is 4.46. The minimum atomic E-state index is -0.675. The maximum absolute atomic E-state index is 13.0. The molecular weight excluding hydrogens is 426 g/mol. The lowest BCUT2D eigenvalue weighted by molar-refractivity contribution is -0.146. The van der Waals surface area contributed by atoms with Crippen molar-refractivity contribution in [1.82, 2.24) is 15.1 Å². The van der Waals surface area contributed by atoms with Crippen molar-refractivity contribution in [3.8, 4) is 0 Å². The number of benzene rings is 1. The summed E-state index contributed by atoms with van der Waals surface area (Å²) >= 11 is 0. The van der Waals surface area contributed by atoms with Crippen LogP contribution >= 0.6 is 0 Å². The molecule has 1 saturated heterocycles. The average Bonchev–Trinajstić information content (AvgIpc) is 2.87. The summed E-state index contributed by atoms with van der Waals surface area (Å²) in [6.07, 6.45) is 2.46. The van der Waals surface area contributed by atoms with Gasteiger partial charge < -0.3 is 24.2 Å². The zero-order valence-corrected chi connectivity index (χ0v) is 19.5. The van der Waals surface area contributed by atoms with Crippen LogP contribution < -0.4 is 10.2 Å². The summed E-state index contributed by atoms with van der Waals surface area (Å²) in [5, 5.41) is 10.3. The van der Waals surface area contributed by atoms with Gasteiger partial charge in [0.25, 0.3) is 0 Å². The molecule has 1 heterocycles. The van der Waals surface area contributed by atoms with Crippen molar-refractivity contribution in [1.29, 1.82) is 5.41 Å². The summed E-state index contributed by atoms with van der Waals surface area (Å²) in [5.41, 5.74) is 1.59. The van der Waals surface area contributed by atoms with Gasteiger partial charge in [-0.05, 0) is 49.9 Å². The predicted molar refractivity (Wildman–Crippen MR) is 124 cm³/mol. The molecule has 1 aromatic carbocycles. The van der Waals surface area contributed by atoms with E-state index in [2.05, 4.69) is 15.0 Å². The fraction of sp³-hybridized carbons (Fsp3) is 0.565. The molecule has 10 nitrogen and oxygen atoms in total. The van der Waals surface area contributed by atoms with Gasteiger partial charge in [0.1, 0.15) is 5.84 Å². The fourth-order valence-electron chi connectivity index (χ4n) is 4.46. The van der Waals surface area contributed by atoms with Gasteiger partial charge in [-0.25, -0.2) is 9.59 Å². The molecule has 0 radical (unpaired) electrons. The number of amidine groups is 1.